The van der Waals surface area contributed by atoms with Gasteiger partial charge < -0.3 is 4.90 Å². The van der Waals surface area contributed by atoms with Gasteiger partial charge in [-0.05, 0) is 71.5 Å². The van der Waals surface area contributed by atoms with E-state index in [1.165, 1.54) is 58.4 Å². The van der Waals surface area contributed by atoms with Crippen molar-refractivity contribution in [1.29, 1.82) is 0 Å². The topological polar surface area (TPSA) is 6.48 Å². The summed E-state index contributed by atoms with van der Waals surface area (Å²) in [6, 6.07) is 0. The number of hydrogen-bond donors (Lipinski definition) is 0. The Morgan fingerprint density at radius 3 is 2.06 bits per heavy atom. The Morgan fingerprint density at radius 2 is 1.56 bits per heavy atom. The molecule has 0 saturated carbocycles. The summed E-state index contributed by atoms with van der Waals surface area (Å²) in [4.78, 5) is 5.39. The van der Waals surface area contributed by atoms with E-state index in [1.54, 1.807) is 0 Å². The van der Waals surface area contributed by atoms with Gasteiger partial charge in [0.25, 0.3) is 0 Å². The molecule has 2 aliphatic rings. The molecule has 0 aromatic rings. The molecule has 106 valence electrons. The van der Waals surface area contributed by atoms with Gasteiger partial charge in [-0.15, -0.1) is 0 Å². The maximum Gasteiger partial charge on any atom is 0.0125 e. The standard InChI is InChI=1S/C16H32N2/c1-5-14-6-9-17(10-7-14)12-15-8-11-18(13-15)16(2,3)4/h14-15H,5-13H2,1-4H3/t15-/m0/s1. The summed E-state index contributed by atoms with van der Waals surface area (Å²) < 4.78 is 0. The predicted molar refractivity (Wildman–Crippen MR) is 78.9 cm³/mol. The zero-order valence-electron chi connectivity index (χ0n) is 12.9. The fourth-order valence-electron chi connectivity index (χ4n) is 3.53. The van der Waals surface area contributed by atoms with Crippen LogP contribution in [0.3, 0.4) is 0 Å². The fourth-order valence-corrected chi connectivity index (χ4v) is 3.53. The summed E-state index contributed by atoms with van der Waals surface area (Å²) in [7, 11) is 0. The smallest absolute Gasteiger partial charge is 0.0125 e. The molecular weight excluding hydrogens is 220 g/mol. The monoisotopic (exact) mass is 252 g/mol. The van der Waals surface area contributed by atoms with Crippen molar-refractivity contribution in [2.75, 3.05) is 32.7 Å². The van der Waals surface area contributed by atoms with Crippen LogP contribution in [0, 0.1) is 11.8 Å². The average Bonchev–Trinajstić information content (AvgIpc) is 2.78. The third kappa shape index (κ3) is 3.71. The van der Waals surface area contributed by atoms with E-state index in [0.29, 0.717) is 5.54 Å². The Balaban J connectivity index is 1.72. The summed E-state index contributed by atoms with van der Waals surface area (Å²) in [6.07, 6.45) is 5.67. The SMILES string of the molecule is CCC1CCN(C[C@@H]2CCN(C(C)(C)C)C2)CC1. The van der Waals surface area contributed by atoms with E-state index in [4.69, 9.17) is 0 Å². The summed E-state index contributed by atoms with van der Waals surface area (Å²) in [5, 5.41) is 0. The summed E-state index contributed by atoms with van der Waals surface area (Å²) in [6.45, 7) is 16.1. The van der Waals surface area contributed by atoms with Gasteiger partial charge in [-0.3, -0.25) is 4.90 Å². The first kappa shape index (κ1) is 14.3. The van der Waals surface area contributed by atoms with E-state index in [1.807, 2.05) is 0 Å². The van der Waals surface area contributed by atoms with Crippen molar-refractivity contribution in [2.45, 2.75) is 58.9 Å². The van der Waals surface area contributed by atoms with Crippen LogP contribution in [0.1, 0.15) is 53.4 Å². The first-order valence-electron chi connectivity index (χ1n) is 7.96. The van der Waals surface area contributed by atoms with E-state index < -0.39 is 0 Å². The minimum atomic E-state index is 0.365. The average molecular weight is 252 g/mol. The Kier molecular flexibility index (Phi) is 4.71. The first-order valence-corrected chi connectivity index (χ1v) is 7.96. The molecule has 0 amide bonds. The van der Waals surface area contributed by atoms with Crippen molar-refractivity contribution < 1.29 is 0 Å². The van der Waals surface area contributed by atoms with Gasteiger partial charge in [-0.25, -0.2) is 0 Å². The van der Waals surface area contributed by atoms with Crippen LogP contribution >= 0.6 is 0 Å². The molecule has 2 heteroatoms. The molecule has 2 heterocycles. The van der Waals surface area contributed by atoms with Gasteiger partial charge in [0.05, 0.1) is 0 Å². The molecule has 0 bridgehead atoms. The largest absolute Gasteiger partial charge is 0.303 e. The van der Waals surface area contributed by atoms with E-state index >= 15 is 0 Å². The Bertz CT molecular complexity index is 248. The van der Waals surface area contributed by atoms with Crippen molar-refractivity contribution in [2.24, 2.45) is 11.8 Å². The van der Waals surface area contributed by atoms with Crippen LogP contribution in [0.15, 0.2) is 0 Å². The second-order valence-electron chi connectivity index (χ2n) is 7.42. The zero-order valence-corrected chi connectivity index (χ0v) is 12.9. The van der Waals surface area contributed by atoms with Gasteiger partial charge in [0.15, 0.2) is 0 Å². The lowest BCUT2D eigenvalue weighted by Gasteiger charge is -2.34. The second-order valence-corrected chi connectivity index (χ2v) is 7.42. The van der Waals surface area contributed by atoms with Crippen LogP contribution in [-0.2, 0) is 0 Å². The Labute approximate surface area is 114 Å². The molecule has 0 N–H and O–H groups in total. The highest BCUT2D eigenvalue weighted by Crippen LogP contribution is 2.27. The highest BCUT2D eigenvalue weighted by molar-refractivity contribution is 4.86. The quantitative estimate of drug-likeness (QED) is 0.761. The first-order chi connectivity index (χ1) is 8.49. The summed E-state index contributed by atoms with van der Waals surface area (Å²) >= 11 is 0. The highest BCUT2D eigenvalue weighted by Gasteiger charge is 2.31. The Hall–Kier alpha value is -0.0800. The summed E-state index contributed by atoms with van der Waals surface area (Å²) in [5.41, 5.74) is 0.365. The second kappa shape index (κ2) is 5.92. The van der Waals surface area contributed by atoms with Crippen LogP contribution < -0.4 is 0 Å². The Morgan fingerprint density at radius 1 is 0.944 bits per heavy atom. The van der Waals surface area contributed by atoms with Crippen molar-refractivity contribution >= 4 is 0 Å². The normalized spacial score (nSPS) is 29.0. The molecule has 0 aromatic heterocycles. The van der Waals surface area contributed by atoms with Crippen LogP contribution in [-0.4, -0.2) is 48.1 Å². The number of piperidine rings is 1. The molecule has 2 fully saturated rings. The summed E-state index contributed by atoms with van der Waals surface area (Å²) in [5.74, 6) is 1.93. The number of likely N-dealkylation sites (tertiary alicyclic amines) is 2. The molecule has 0 radical (unpaired) electrons. The molecule has 2 aliphatic heterocycles. The van der Waals surface area contributed by atoms with Crippen molar-refractivity contribution in [1.82, 2.24) is 9.80 Å². The van der Waals surface area contributed by atoms with Gasteiger partial charge in [0.2, 0.25) is 0 Å². The molecule has 0 spiro atoms. The van der Waals surface area contributed by atoms with Gasteiger partial charge in [-0.2, -0.15) is 0 Å². The molecule has 0 aliphatic carbocycles. The molecule has 0 aromatic carbocycles. The highest BCUT2D eigenvalue weighted by atomic mass is 15.2. The lowest BCUT2D eigenvalue weighted by Crippen LogP contribution is -2.41. The van der Waals surface area contributed by atoms with Gasteiger partial charge in [0, 0.05) is 18.6 Å². The molecule has 18 heavy (non-hydrogen) atoms. The maximum absolute atomic E-state index is 2.73. The maximum atomic E-state index is 2.73. The third-order valence-electron chi connectivity index (χ3n) is 5.04. The van der Waals surface area contributed by atoms with Crippen molar-refractivity contribution in [3.05, 3.63) is 0 Å². The van der Waals surface area contributed by atoms with Crippen LogP contribution in [0.4, 0.5) is 0 Å². The number of nitrogens with zero attached hydrogens (tertiary/aromatic N) is 2. The molecular formula is C16H32N2. The van der Waals surface area contributed by atoms with E-state index in [0.717, 1.165) is 11.8 Å². The molecule has 2 nitrogen and oxygen atoms in total. The van der Waals surface area contributed by atoms with Gasteiger partial charge >= 0.3 is 0 Å². The fraction of sp³-hybridized carbons (Fsp3) is 1.00. The molecule has 0 unspecified atom stereocenters. The molecule has 1 atom stereocenters. The van der Waals surface area contributed by atoms with Crippen LogP contribution in [0.2, 0.25) is 0 Å². The van der Waals surface area contributed by atoms with Gasteiger partial charge in [-0.1, -0.05) is 13.3 Å². The predicted octanol–water partition coefficient (Wildman–Crippen LogP) is 3.23. The lowest BCUT2D eigenvalue weighted by molar-refractivity contribution is 0.140. The van der Waals surface area contributed by atoms with E-state index in [-0.39, 0.29) is 0 Å². The van der Waals surface area contributed by atoms with Crippen molar-refractivity contribution in [3.8, 4) is 0 Å². The third-order valence-corrected chi connectivity index (χ3v) is 5.04. The molecule has 2 rings (SSSR count). The zero-order chi connectivity index (χ0) is 13.2. The minimum Gasteiger partial charge on any atom is -0.303 e. The number of rotatable bonds is 3. The molecule has 2 saturated heterocycles. The van der Waals surface area contributed by atoms with E-state index in [9.17, 15) is 0 Å². The van der Waals surface area contributed by atoms with Gasteiger partial charge in [0.1, 0.15) is 0 Å². The lowest BCUT2D eigenvalue weighted by atomic mass is 9.93. The minimum absolute atomic E-state index is 0.365. The van der Waals surface area contributed by atoms with E-state index in [2.05, 4.69) is 37.5 Å². The van der Waals surface area contributed by atoms with Crippen LogP contribution in [0.25, 0.3) is 0 Å². The van der Waals surface area contributed by atoms with Crippen molar-refractivity contribution in [3.63, 3.8) is 0 Å². The van der Waals surface area contributed by atoms with Crippen LogP contribution in [0.5, 0.6) is 0 Å². The number of hydrogen-bond acceptors (Lipinski definition) is 2.